The second-order valence-electron chi connectivity index (χ2n) is 4.73. The fraction of sp³-hybridized carbons (Fsp3) is 0.467. The predicted octanol–water partition coefficient (Wildman–Crippen LogP) is 2.08. The highest BCUT2D eigenvalue weighted by Crippen LogP contribution is 2.14. The zero-order valence-electron chi connectivity index (χ0n) is 11.4. The van der Waals surface area contributed by atoms with E-state index in [2.05, 4.69) is 19.2 Å². The van der Waals surface area contributed by atoms with Crippen LogP contribution in [0.25, 0.3) is 0 Å². The Morgan fingerprint density at radius 1 is 1.37 bits per heavy atom. The van der Waals surface area contributed by atoms with Crippen molar-refractivity contribution in [3.05, 3.63) is 35.9 Å². The Morgan fingerprint density at radius 2 is 2.05 bits per heavy atom. The molecule has 0 radical (unpaired) electrons. The lowest BCUT2D eigenvalue weighted by atomic mass is 10.00. The SMILES string of the molecule is CC(C)COCCNC(=O)C(C#N)c1ccccc1. The molecule has 0 aliphatic rings. The molecule has 0 aromatic heterocycles. The summed E-state index contributed by atoms with van der Waals surface area (Å²) in [5.74, 6) is -0.556. The number of hydrogen-bond acceptors (Lipinski definition) is 3. The Morgan fingerprint density at radius 3 is 2.63 bits per heavy atom. The van der Waals surface area contributed by atoms with Crippen molar-refractivity contribution in [1.29, 1.82) is 5.26 Å². The Bertz CT molecular complexity index is 424. The summed E-state index contributed by atoms with van der Waals surface area (Å²) >= 11 is 0. The molecule has 0 saturated carbocycles. The van der Waals surface area contributed by atoms with Crippen LogP contribution in [0, 0.1) is 17.2 Å². The summed E-state index contributed by atoms with van der Waals surface area (Å²) in [5, 5.41) is 11.8. The molecule has 0 aliphatic heterocycles. The maximum Gasteiger partial charge on any atom is 0.241 e. The first-order chi connectivity index (χ1) is 9.15. The van der Waals surface area contributed by atoms with E-state index in [1.165, 1.54) is 0 Å². The van der Waals surface area contributed by atoms with Gasteiger partial charge in [0, 0.05) is 13.2 Å². The number of hydrogen-bond donors (Lipinski definition) is 1. The average molecular weight is 260 g/mol. The minimum absolute atomic E-state index is 0.276. The average Bonchev–Trinajstić information content (AvgIpc) is 2.40. The van der Waals surface area contributed by atoms with E-state index in [0.717, 1.165) is 0 Å². The van der Waals surface area contributed by atoms with Crippen molar-refractivity contribution < 1.29 is 9.53 Å². The highest BCUT2D eigenvalue weighted by Gasteiger charge is 2.18. The van der Waals surface area contributed by atoms with Gasteiger partial charge in [0.1, 0.15) is 5.92 Å². The molecule has 1 amide bonds. The molecule has 1 atom stereocenters. The van der Waals surface area contributed by atoms with Crippen molar-refractivity contribution in [2.24, 2.45) is 5.92 Å². The van der Waals surface area contributed by atoms with Gasteiger partial charge in [-0.2, -0.15) is 5.26 Å². The summed E-state index contributed by atoms with van der Waals surface area (Å²) < 4.78 is 5.37. The second kappa shape index (κ2) is 8.28. The maximum absolute atomic E-state index is 11.9. The summed E-state index contributed by atoms with van der Waals surface area (Å²) in [4.78, 5) is 11.9. The molecule has 0 aliphatic carbocycles. The molecule has 1 N–H and O–H groups in total. The molecule has 0 saturated heterocycles. The van der Waals surface area contributed by atoms with E-state index in [9.17, 15) is 4.79 Å². The van der Waals surface area contributed by atoms with Crippen LogP contribution in [-0.2, 0) is 9.53 Å². The van der Waals surface area contributed by atoms with Gasteiger partial charge >= 0.3 is 0 Å². The van der Waals surface area contributed by atoms with Gasteiger partial charge in [0.15, 0.2) is 0 Å². The number of carbonyl (C=O) groups excluding carboxylic acids is 1. The fourth-order valence-corrected chi connectivity index (χ4v) is 1.60. The molecule has 0 fully saturated rings. The van der Waals surface area contributed by atoms with Crippen LogP contribution in [-0.4, -0.2) is 25.7 Å². The van der Waals surface area contributed by atoms with Crippen molar-refractivity contribution in [3.8, 4) is 6.07 Å². The van der Waals surface area contributed by atoms with Gasteiger partial charge in [-0.1, -0.05) is 44.2 Å². The van der Waals surface area contributed by atoms with Crippen LogP contribution in [0.3, 0.4) is 0 Å². The normalized spacial score (nSPS) is 11.9. The van der Waals surface area contributed by atoms with Crippen molar-refractivity contribution in [1.82, 2.24) is 5.32 Å². The quantitative estimate of drug-likeness (QED) is 0.763. The van der Waals surface area contributed by atoms with E-state index in [0.29, 0.717) is 31.2 Å². The van der Waals surface area contributed by atoms with Gasteiger partial charge in [-0.15, -0.1) is 0 Å². The third-order valence-corrected chi connectivity index (χ3v) is 2.52. The van der Waals surface area contributed by atoms with Gasteiger partial charge in [-0.25, -0.2) is 0 Å². The van der Waals surface area contributed by atoms with Crippen molar-refractivity contribution in [3.63, 3.8) is 0 Å². The summed E-state index contributed by atoms with van der Waals surface area (Å²) in [6.07, 6.45) is 0. The van der Waals surface area contributed by atoms with E-state index in [4.69, 9.17) is 10.00 Å². The third kappa shape index (κ3) is 5.54. The number of amides is 1. The largest absolute Gasteiger partial charge is 0.379 e. The summed E-state index contributed by atoms with van der Waals surface area (Å²) in [5.41, 5.74) is 0.714. The monoisotopic (exact) mass is 260 g/mol. The highest BCUT2D eigenvalue weighted by atomic mass is 16.5. The van der Waals surface area contributed by atoms with Crippen LogP contribution in [0.1, 0.15) is 25.3 Å². The number of nitrogens with zero attached hydrogens (tertiary/aromatic N) is 1. The number of nitriles is 1. The lowest BCUT2D eigenvalue weighted by molar-refractivity contribution is -0.121. The van der Waals surface area contributed by atoms with Crippen LogP contribution in [0.15, 0.2) is 30.3 Å². The molecule has 1 aromatic rings. The predicted molar refractivity (Wildman–Crippen MR) is 73.5 cm³/mol. The van der Waals surface area contributed by atoms with Crippen molar-refractivity contribution in [2.45, 2.75) is 19.8 Å². The number of rotatable bonds is 7. The van der Waals surface area contributed by atoms with Crippen LogP contribution in [0.4, 0.5) is 0 Å². The summed E-state index contributed by atoms with van der Waals surface area (Å²) in [7, 11) is 0. The maximum atomic E-state index is 11.9. The minimum atomic E-state index is -0.758. The molecular weight excluding hydrogens is 240 g/mol. The van der Waals surface area contributed by atoms with Gasteiger partial charge < -0.3 is 10.1 Å². The molecule has 1 aromatic carbocycles. The highest BCUT2D eigenvalue weighted by molar-refractivity contribution is 5.86. The first-order valence-electron chi connectivity index (χ1n) is 6.45. The molecule has 19 heavy (non-hydrogen) atoms. The van der Waals surface area contributed by atoms with Crippen LogP contribution in [0.5, 0.6) is 0 Å². The van der Waals surface area contributed by atoms with E-state index < -0.39 is 5.92 Å². The number of nitrogens with one attached hydrogen (secondary N) is 1. The lowest BCUT2D eigenvalue weighted by Crippen LogP contribution is -2.31. The van der Waals surface area contributed by atoms with Gasteiger partial charge in [0.2, 0.25) is 5.91 Å². The summed E-state index contributed by atoms with van der Waals surface area (Å²) in [6, 6.07) is 11.1. The van der Waals surface area contributed by atoms with Crippen LogP contribution < -0.4 is 5.32 Å². The van der Waals surface area contributed by atoms with E-state index in [1.807, 2.05) is 24.3 Å². The Balaban J connectivity index is 2.38. The molecule has 0 heterocycles. The number of benzene rings is 1. The van der Waals surface area contributed by atoms with E-state index in [-0.39, 0.29) is 5.91 Å². The van der Waals surface area contributed by atoms with Crippen molar-refractivity contribution >= 4 is 5.91 Å². The molecule has 1 rings (SSSR count). The fourth-order valence-electron chi connectivity index (χ4n) is 1.60. The second-order valence-corrected chi connectivity index (χ2v) is 4.73. The Hall–Kier alpha value is -1.86. The molecule has 4 heteroatoms. The first kappa shape index (κ1) is 15.2. The lowest BCUT2D eigenvalue weighted by Gasteiger charge is -2.11. The van der Waals surface area contributed by atoms with Gasteiger partial charge in [0.05, 0.1) is 12.7 Å². The minimum Gasteiger partial charge on any atom is -0.379 e. The summed E-state index contributed by atoms with van der Waals surface area (Å²) in [6.45, 7) is 5.71. The molecule has 102 valence electrons. The molecule has 0 bridgehead atoms. The molecule has 1 unspecified atom stereocenters. The zero-order valence-corrected chi connectivity index (χ0v) is 11.4. The number of carbonyl (C=O) groups is 1. The van der Waals surface area contributed by atoms with Crippen LogP contribution in [0.2, 0.25) is 0 Å². The van der Waals surface area contributed by atoms with E-state index >= 15 is 0 Å². The van der Waals surface area contributed by atoms with E-state index in [1.54, 1.807) is 12.1 Å². The van der Waals surface area contributed by atoms with Crippen molar-refractivity contribution in [2.75, 3.05) is 19.8 Å². The molecule has 4 nitrogen and oxygen atoms in total. The smallest absolute Gasteiger partial charge is 0.241 e. The molecular formula is C15H20N2O2. The Labute approximate surface area is 114 Å². The topological polar surface area (TPSA) is 62.1 Å². The third-order valence-electron chi connectivity index (χ3n) is 2.52. The Kier molecular flexibility index (Phi) is 6.62. The number of ether oxygens (including phenoxy) is 1. The molecule has 0 spiro atoms. The first-order valence-corrected chi connectivity index (χ1v) is 6.45. The van der Waals surface area contributed by atoms with Crippen LogP contribution >= 0.6 is 0 Å². The van der Waals surface area contributed by atoms with Gasteiger partial charge in [-0.05, 0) is 11.5 Å². The standard InChI is InChI=1S/C15H20N2O2/c1-12(2)11-19-9-8-17-15(18)14(10-16)13-6-4-3-5-7-13/h3-7,12,14H,8-9,11H2,1-2H3,(H,17,18). The van der Waals surface area contributed by atoms with Gasteiger partial charge in [-0.3, -0.25) is 4.79 Å². The zero-order chi connectivity index (χ0) is 14.1. The van der Waals surface area contributed by atoms with Gasteiger partial charge in [0.25, 0.3) is 0 Å².